The van der Waals surface area contributed by atoms with Crippen molar-refractivity contribution in [2.45, 2.75) is 20.3 Å². The third-order valence-corrected chi connectivity index (χ3v) is 3.98. The van der Waals surface area contributed by atoms with Gasteiger partial charge in [0, 0.05) is 29.2 Å². The maximum absolute atomic E-state index is 12.1. The normalized spacial score (nSPS) is 10.5. The zero-order valence-electron chi connectivity index (χ0n) is 15.6. The lowest BCUT2D eigenvalue weighted by Crippen LogP contribution is -2.21. The maximum atomic E-state index is 12.1. The van der Waals surface area contributed by atoms with Crippen LogP contribution < -0.4 is 10.6 Å². The molecule has 3 aromatic rings. The van der Waals surface area contributed by atoms with Crippen LogP contribution in [0.15, 0.2) is 53.1 Å². The average Bonchev–Trinajstić information content (AvgIpc) is 3.01. The second-order valence-electron chi connectivity index (χ2n) is 6.41. The van der Waals surface area contributed by atoms with Gasteiger partial charge in [-0.1, -0.05) is 18.2 Å². The topological polar surface area (TPSA) is 97.6 Å². The fraction of sp³-hybridized carbons (Fsp3) is 0.190. The molecular weight excluding hydrogens is 360 g/mol. The number of carbonyl (C=O) groups excluding carboxylic acids is 3. The first kappa shape index (κ1) is 19.2. The molecule has 3 rings (SSSR count). The Balaban J connectivity index is 1.52. The van der Waals surface area contributed by atoms with Crippen molar-refractivity contribution in [1.82, 2.24) is 0 Å². The van der Waals surface area contributed by atoms with Crippen LogP contribution >= 0.6 is 0 Å². The molecule has 0 fully saturated rings. The van der Waals surface area contributed by atoms with Gasteiger partial charge < -0.3 is 19.8 Å². The fourth-order valence-electron chi connectivity index (χ4n) is 2.75. The van der Waals surface area contributed by atoms with Crippen LogP contribution in [-0.2, 0) is 25.5 Å². The number of hydrogen-bond acceptors (Lipinski definition) is 5. The van der Waals surface area contributed by atoms with Crippen molar-refractivity contribution in [3.8, 4) is 0 Å². The molecule has 0 unspecified atom stereocenters. The number of fused-ring (bicyclic) bond motifs is 1. The predicted octanol–water partition coefficient (Wildman–Crippen LogP) is 3.42. The highest BCUT2D eigenvalue weighted by Crippen LogP contribution is 2.23. The molecule has 0 bridgehead atoms. The molecule has 2 aromatic carbocycles. The Kier molecular flexibility index (Phi) is 5.74. The molecule has 144 valence electrons. The molecule has 1 aromatic heterocycles. The van der Waals surface area contributed by atoms with E-state index < -0.39 is 18.5 Å². The van der Waals surface area contributed by atoms with Crippen molar-refractivity contribution in [3.05, 3.63) is 59.9 Å². The summed E-state index contributed by atoms with van der Waals surface area (Å²) in [6.07, 6.45) is 1.54. The summed E-state index contributed by atoms with van der Waals surface area (Å²) in [6.45, 7) is 2.95. The Bertz CT molecular complexity index is 1040. The van der Waals surface area contributed by atoms with Gasteiger partial charge in [-0.25, -0.2) is 0 Å². The summed E-state index contributed by atoms with van der Waals surface area (Å²) in [6, 6.07) is 12.4. The van der Waals surface area contributed by atoms with E-state index in [0.29, 0.717) is 22.5 Å². The summed E-state index contributed by atoms with van der Waals surface area (Å²) in [7, 11) is 0. The van der Waals surface area contributed by atoms with Crippen LogP contribution in [0.1, 0.15) is 18.1 Å². The third-order valence-electron chi connectivity index (χ3n) is 3.98. The Morgan fingerprint density at radius 1 is 1.04 bits per heavy atom. The molecule has 2 N–H and O–H groups in total. The van der Waals surface area contributed by atoms with Gasteiger partial charge in [-0.15, -0.1) is 0 Å². The fourth-order valence-corrected chi connectivity index (χ4v) is 2.75. The van der Waals surface area contributed by atoms with E-state index in [4.69, 9.17) is 9.15 Å². The molecular formula is C21H20N2O5. The average molecular weight is 380 g/mol. The van der Waals surface area contributed by atoms with E-state index in [1.54, 1.807) is 24.3 Å². The van der Waals surface area contributed by atoms with Gasteiger partial charge in [0.25, 0.3) is 5.91 Å². The predicted molar refractivity (Wildman–Crippen MR) is 105 cm³/mol. The molecule has 0 saturated heterocycles. The number of esters is 1. The number of amides is 2. The smallest absolute Gasteiger partial charge is 0.310 e. The van der Waals surface area contributed by atoms with Gasteiger partial charge in [0.2, 0.25) is 5.91 Å². The molecule has 0 aliphatic heterocycles. The molecule has 7 heteroatoms. The standard InChI is InChI=1S/C21H20N2O5/c1-13-6-7-18-15(11-27-19(18)8-13)9-21(26)28-12-20(25)23-17-5-3-4-16(10-17)22-14(2)24/h3-8,10-11H,9,12H2,1-2H3,(H,22,24)(H,23,25). The third kappa shape index (κ3) is 4.97. The summed E-state index contributed by atoms with van der Waals surface area (Å²) in [4.78, 5) is 35.2. The van der Waals surface area contributed by atoms with Crippen molar-refractivity contribution in [1.29, 1.82) is 0 Å². The number of anilines is 2. The minimum absolute atomic E-state index is 0.0152. The molecule has 0 atom stereocenters. The van der Waals surface area contributed by atoms with Gasteiger partial charge >= 0.3 is 5.97 Å². The van der Waals surface area contributed by atoms with Gasteiger partial charge in [-0.3, -0.25) is 14.4 Å². The summed E-state index contributed by atoms with van der Waals surface area (Å²) in [5.41, 5.74) is 3.53. The number of benzene rings is 2. The zero-order chi connectivity index (χ0) is 20.1. The largest absolute Gasteiger partial charge is 0.464 e. The van der Waals surface area contributed by atoms with Gasteiger partial charge in [-0.05, 0) is 36.8 Å². The molecule has 0 saturated carbocycles. The van der Waals surface area contributed by atoms with Crippen molar-refractivity contribution in [2.24, 2.45) is 0 Å². The van der Waals surface area contributed by atoms with Crippen molar-refractivity contribution >= 4 is 40.1 Å². The number of hydrogen-bond donors (Lipinski definition) is 2. The van der Waals surface area contributed by atoms with Gasteiger partial charge in [0.05, 0.1) is 12.7 Å². The van der Waals surface area contributed by atoms with Crippen LogP contribution in [0.2, 0.25) is 0 Å². The molecule has 0 aliphatic carbocycles. The van der Waals surface area contributed by atoms with E-state index in [9.17, 15) is 14.4 Å². The van der Waals surface area contributed by atoms with Crippen LogP contribution in [0.25, 0.3) is 11.0 Å². The quantitative estimate of drug-likeness (QED) is 0.639. The number of aryl methyl sites for hydroxylation is 1. The van der Waals surface area contributed by atoms with E-state index in [0.717, 1.165) is 10.9 Å². The number of rotatable bonds is 6. The Labute approximate surface area is 161 Å². The minimum atomic E-state index is -0.523. The lowest BCUT2D eigenvalue weighted by atomic mass is 10.1. The van der Waals surface area contributed by atoms with E-state index >= 15 is 0 Å². The Hall–Kier alpha value is -3.61. The summed E-state index contributed by atoms with van der Waals surface area (Å²) in [5, 5.41) is 6.10. The van der Waals surface area contributed by atoms with E-state index in [2.05, 4.69) is 10.6 Å². The Morgan fingerprint density at radius 2 is 1.79 bits per heavy atom. The van der Waals surface area contributed by atoms with E-state index in [1.807, 2.05) is 25.1 Å². The first-order valence-electron chi connectivity index (χ1n) is 8.70. The molecule has 0 radical (unpaired) electrons. The van der Waals surface area contributed by atoms with Gasteiger partial charge in [-0.2, -0.15) is 0 Å². The molecule has 0 aliphatic rings. The monoisotopic (exact) mass is 380 g/mol. The van der Waals surface area contributed by atoms with Crippen LogP contribution in [0.3, 0.4) is 0 Å². The zero-order valence-corrected chi connectivity index (χ0v) is 15.6. The summed E-state index contributed by atoms with van der Waals surface area (Å²) >= 11 is 0. The number of nitrogens with one attached hydrogen (secondary N) is 2. The van der Waals surface area contributed by atoms with E-state index in [-0.39, 0.29) is 12.3 Å². The highest BCUT2D eigenvalue weighted by atomic mass is 16.5. The minimum Gasteiger partial charge on any atom is -0.464 e. The molecule has 7 nitrogen and oxygen atoms in total. The van der Waals surface area contributed by atoms with Crippen LogP contribution in [0, 0.1) is 6.92 Å². The molecule has 0 spiro atoms. The van der Waals surface area contributed by atoms with Gasteiger partial charge in [0.15, 0.2) is 6.61 Å². The highest BCUT2D eigenvalue weighted by molar-refractivity contribution is 5.95. The Morgan fingerprint density at radius 3 is 2.54 bits per heavy atom. The lowest BCUT2D eigenvalue weighted by molar-refractivity contribution is -0.146. The second-order valence-corrected chi connectivity index (χ2v) is 6.41. The lowest BCUT2D eigenvalue weighted by Gasteiger charge is -2.08. The molecule has 28 heavy (non-hydrogen) atoms. The van der Waals surface area contributed by atoms with Crippen LogP contribution in [-0.4, -0.2) is 24.4 Å². The van der Waals surface area contributed by atoms with Crippen molar-refractivity contribution in [2.75, 3.05) is 17.2 Å². The highest BCUT2D eigenvalue weighted by Gasteiger charge is 2.13. The van der Waals surface area contributed by atoms with Crippen molar-refractivity contribution < 1.29 is 23.5 Å². The summed E-state index contributed by atoms with van der Waals surface area (Å²) < 4.78 is 10.5. The SMILES string of the molecule is CC(=O)Nc1cccc(NC(=O)COC(=O)Cc2coc3cc(C)ccc23)c1. The summed E-state index contributed by atoms with van der Waals surface area (Å²) in [5.74, 6) is -1.20. The molecule has 2 amide bonds. The number of carbonyl (C=O) groups is 3. The van der Waals surface area contributed by atoms with Crippen molar-refractivity contribution in [3.63, 3.8) is 0 Å². The first-order chi connectivity index (χ1) is 13.4. The van der Waals surface area contributed by atoms with E-state index in [1.165, 1.54) is 13.2 Å². The first-order valence-corrected chi connectivity index (χ1v) is 8.70. The van der Waals surface area contributed by atoms with Crippen LogP contribution in [0.5, 0.6) is 0 Å². The molecule has 1 heterocycles. The van der Waals surface area contributed by atoms with Gasteiger partial charge in [0.1, 0.15) is 5.58 Å². The second kappa shape index (κ2) is 8.39. The number of furan rings is 1. The maximum Gasteiger partial charge on any atom is 0.310 e. The van der Waals surface area contributed by atoms with Crippen LogP contribution in [0.4, 0.5) is 11.4 Å². The number of ether oxygens (including phenoxy) is 1.